The summed E-state index contributed by atoms with van der Waals surface area (Å²) in [6.45, 7) is 0.397. The van der Waals surface area contributed by atoms with Gasteiger partial charge in [0, 0.05) is 22.5 Å². The molecule has 0 unspecified atom stereocenters. The molecule has 3 rings (SSSR count). The molecule has 0 aromatic heterocycles. The van der Waals surface area contributed by atoms with E-state index in [1.807, 2.05) is 42.5 Å². The fourth-order valence-corrected chi connectivity index (χ4v) is 4.47. The maximum absolute atomic E-state index is 12.6. The molecule has 28 heavy (non-hydrogen) atoms. The van der Waals surface area contributed by atoms with E-state index in [0.29, 0.717) is 33.6 Å². The van der Waals surface area contributed by atoms with Gasteiger partial charge in [-0.05, 0) is 52.2 Å². The Bertz CT molecular complexity index is 965. The van der Waals surface area contributed by atoms with Gasteiger partial charge < -0.3 is 5.32 Å². The zero-order valence-electron chi connectivity index (χ0n) is 14.7. The van der Waals surface area contributed by atoms with Gasteiger partial charge in [-0.25, -0.2) is 0 Å². The van der Waals surface area contributed by atoms with Gasteiger partial charge in [-0.3, -0.25) is 14.5 Å². The van der Waals surface area contributed by atoms with Crippen LogP contribution in [0, 0.1) is 0 Å². The molecule has 0 spiro atoms. The van der Waals surface area contributed by atoms with Crippen LogP contribution in [0.3, 0.4) is 0 Å². The van der Waals surface area contributed by atoms with Crippen molar-refractivity contribution in [2.24, 2.45) is 0 Å². The average molecular weight is 496 g/mol. The first-order chi connectivity index (χ1) is 13.5. The maximum atomic E-state index is 12.6. The zero-order chi connectivity index (χ0) is 20.1. The predicted molar refractivity (Wildman–Crippen MR) is 123 cm³/mol. The van der Waals surface area contributed by atoms with Crippen molar-refractivity contribution in [1.82, 2.24) is 4.90 Å². The minimum Gasteiger partial charge on any atom is -0.325 e. The third-order valence-electron chi connectivity index (χ3n) is 4.00. The predicted octanol–water partition coefficient (Wildman–Crippen LogP) is 5.72. The molecule has 0 aliphatic carbocycles. The van der Waals surface area contributed by atoms with Crippen LogP contribution in [0.1, 0.15) is 18.4 Å². The van der Waals surface area contributed by atoms with Crippen LogP contribution in [-0.4, -0.2) is 27.6 Å². The molecule has 2 amide bonds. The summed E-state index contributed by atoms with van der Waals surface area (Å²) in [6.07, 6.45) is 2.56. The summed E-state index contributed by atoms with van der Waals surface area (Å²) in [7, 11) is 0. The molecule has 2 aromatic rings. The molecule has 1 saturated heterocycles. The van der Waals surface area contributed by atoms with Crippen molar-refractivity contribution < 1.29 is 9.59 Å². The summed E-state index contributed by atoms with van der Waals surface area (Å²) < 4.78 is 1.32. The van der Waals surface area contributed by atoms with Crippen LogP contribution in [0.25, 0.3) is 6.08 Å². The zero-order valence-corrected chi connectivity index (χ0v) is 18.6. The minimum atomic E-state index is -0.152. The molecule has 1 aliphatic rings. The highest BCUT2D eigenvalue weighted by molar-refractivity contribution is 9.10. The largest absolute Gasteiger partial charge is 0.325 e. The topological polar surface area (TPSA) is 49.4 Å². The van der Waals surface area contributed by atoms with Crippen molar-refractivity contribution in [2.75, 3.05) is 11.9 Å². The third kappa shape index (κ3) is 5.23. The number of nitrogens with zero attached hydrogens (tertiary/aromatic N) is 1. The summed E-state index contributed by atoms with van der Waals surface area (Å²) in [6, 6.07) is 14.7. The van der Waals surface area contributed by atoms with Gasteiger partial charge in [0.2, 0.25) is 5.91 Å². The molecule has 8 heteroatoms. The Morgan fingerprint density at radius 2 is 1.93 bits per heavy atom. The number of benzene rings is 2. The van der Waals surface area contributed by atoms with Gasteiger partial charge in [-0.2, -0.15) is 0 Å². The molecule has 1 fully saturated rings. The standard InChI is InChI=1S/C20H16BrClN2O2S2/c21-14-7-2-4-9-16(14)23-18(25)10-5-11-24-19(26)17(28-20(24)27)12-13-6-1-3-8-15(13)22/h1-4,6-9,12H,5,10-11H2,(H,23,25). The van der Waals surface area contributed by atoms with Crippen LogP contribution < -0.4 is 5.32 Å². The first-order valence-corrected chi connectivity index (χ1v) is 10.9. The van der Waals surface area contributed by atoms with Crippen molar-refractivity contribution in [2.45, 2.75) is 12.8 Å². The number of hydrogen-bond donors (Lipinski definition) is 1. The normalized spacial score (nSPS) is 15.4. The van der Waals surface area contributed by atoms with E-state index in [2.05, 4.69) is 21.2 Å². The molecular formula is C20H16BrClN2O2S2. The number of nitrogens with one attached hydrogen (secondary N) is 1. The van der Waals surface area contributed by atoms with Crippen molar-refractivity contribution >= 4 is 79.4 Å². The van der Waals surface area contributed by atoms with Gasteiger partial charge in [0.1, 0.15) is 4.32 Å². The van der Waals surface area contributed by atoms with Crippen LogP contribution >= 0.6 is 51.5 Å². The van der Waals surface area contributed by atoms with Crippen molar-refractivity contribution in [3.8, 4) is 0 Å². The fourth-order valence-electron chi connectivity index (χ4n) is 2.60. The monoisotopic (exact) mass is 494 g/mol. The number of carbonyl (C=O) groups is 2. The Morgan fingerprint density at radius 1 is 1.21 bits per heavy atom. The van der Waals surface area contributed by atoms with E-state index in [1.54, 1.807) is 12.1 Å². The second-order valence-corrected chi connectivity index (χ2v) is 8.92. The highest BCUT2D eigenvalue weighted by atomic mass is 79.9. The number of amides is 2. The molecule has 0 radical (unpaired) electrons. The van der Waals surface area contributed by atoms with Crippen molar-refractivity contribution in [1.29, 1.82) is 0 Å². The van der Waals surface area contributed by atoms with Gasteiger partial charge in [0.25, 0.3) is 5.91 Å². The Labute approximate surface area is 186 Å². The summed E-state index contributed by atoms with van der Waals surface area (Å²) in [4.78, 5) is 26.9. The average Bonchev–Trinajstić information content (AvgIpc) is 2.93. The summed E-state index contributed by atoms with van der Waals surface area (Å²) in [5.74, 6) is -0.259. The van der Waals surface area contributed by atoms with E-state index < -0.39 is 0 Å². The van der Waals surface area contributed by atoms with E-state index in [-0.39, 0.29) is 11.8 Å². The lowest BCUT2D eigenvalue weighted by Crippen LogP contribution is -2.29. The number of hydrogen-bond acceptors (Lipinski definition) is 4. The lowest BCUT2D eigenvalue weighted by molar-refractivity contribution is -0.122. The first kappa shape index (κ1) is 21.0. The van der Waals surface area contributed by atoms with Crippen LogP contribution in [0.4, 0.5) is 5.69 Å². The molecule has 0 atom stereocenters. The molecular weight excluding hydrogens is 480 g/mol. The van der Waals surface area contributed by atoms with Gasteiger partial charge >= 0.3 is 0 Å². The first-order valence-electron chi connectivity index (χ1n) is 8.50. The number of carbonyl (C=O) groups excluding carboxylic acids is 2. The van der Waals surface area contributed by atoms with Crippen LogP contribution in [0.5, 0.6) is 0 Å². The molecule has 1 heterocycles. The number of rotatable bonds is 6. The van der Waals surface area contributed by atoms with Gasteiger partial charge in [-0.1, -0.05) is 65.9 Å². The summed E-state index contributed by atoms with van der Waals surface area (Å²) in [5, 5.41) is 3.43. The van der Waals surface area contributed by atoms with E-state index in [9.17, 15) is 9.59 Å². The Morgan fingerprint density at radius 3 is 2.68 bits per heavy atom. The summed E-state index contributed by atoms with van der Waals surface area (Å²) >= 11 is 16.1. The molecule has 144 valence electrons. The second kappa shape index (κ2) is 9.69. The van der Waals surface area contributed by atoms with E-state index >= 15 is 0 Å². The van der Waals surface area contributed by atoms with Crippen molar-refractivity contribution in [3.05, 3.63) is 68.5 Å². The highest BCUT2D eigenvalue weighted by Crippen LogP contribution is 2.33. The third-order valence-corrected chi connectivity index (χ3v) is 6.41. The minimum absolute atomic E-state index is 0.107. The number of thiocarbonyl (C=S) groups is 1. The Balaban J connectivity index is 1.56. The molecule has 1 N–H and O–H groups in total. The van der Waals surface area contributed by atoms with E-state index in [0.717, 1.165) is 15.7 Å². The smallest absolute Gasteiger partial charge is 0.266 e. The van der Waals surface area contributed by atoms with Gasteiger partial charge in [0.15, 0.2) is 0 Å². The SMILES string of the molecule is O=C(CCCN1C(=O)C(=Cc2ccccc2Cl)SC1=S)Nc1ccccc1Br. The lowest BCUT2D eigenvalue weighted by Gasteiger charge is -2.14. The number of para-hydroxylation sites is 1. The summed E-state index contributed by atoms with van der Waals surface area (Å²) in [5.41, 5.74) is 1.50. The molecule has 0 bridgehead atoms. The number of halogens is 2. The quantitative estimate of drug-likeness (QED) is 0.411. The number of thioether (sulfide) groups is 1. The van der Waals surface area contributed by atoms with Crippen LogP contribution in [0.15, 0.2) is 57.9 Å². The fraction of sp³-hybridized carbons (Fsp3) is 0.150. The molecule has 4 nitrogen and oxygen atoms in total. The maximum Gasteiger partial charge on any atom is 0.266 e. The molecule has 0 saturated carbocycles. The number of anilines is 1. The Kier molecular flexibility index (Phi) is 7.29. The second-order valence-electron chi connectivity index (χ2n) is 5.99. The van der Waals surface area contributed by atoms with Crippen LogP contribution in [0.2, 0.25) is 5.02 Å². The van der Waals surface area contributed by atoms with Crippen molar-refractivity contribution in [3.63, 3.8) is 0 Å². The van der Waals surface area contributed by atoms with Crippen LogP contribution in [-0.2, 0) is 9.59 Å². The van der Waals surface area contributed by atoms with E-state index in [4.69, 9.17) is 23.8 Å². The highest BCUT2D eigenvalue weighted by Gasteiger charge is 2.31. The van der Waals surface area contributed by atoms with Gasteiger partial charge in [0.05, 0.1) is 10.6 Å². The van der Waals surface area contributed by atoms with Gasteiger partial charge in [-0.15, -0.1) is 0 Å². The molecule has 1 aliphatic heterocycles. The molecule has 2 aromatic carbocycles. The van der Waals surface area contributed by atoms with E-state index in [1.165, 1.54) is 16.7 Å². The Hall–Kier alpha value is -1.67. The lowest BCUT2D eigenvalue weighted by atomic mass is 10.2.